The molecule has 24 heavy (non-hydrogen) atoms. The highest BCUT2D eigenvalue weighted by molar-refractivity contribution is 7.91. The van der Waals surface area contributed by atoms with E-state index in [0.717, 1.165) is 11.3 Å². The van der Waals surface area contributed by atoms with Crippen LogP contribution >= 0.6 is 0 Å². The maximum atomic E-state index is 12.3. The maximum absolute atomic E-state index is 12.3. The van der Waals surface area contributed by atoms with Crippen LogP contribution in [0.3, 0.4) is 0 Å². The smallest absolute Gasteiger partial charge is 0.315 e. The van der Waals surface area contributed by atoms with Crippen molar-refractivity contribution in [1.29, 1.82) is 0 Å². The van der Waals surface area contributed by atoms with Crippen molar-refractivity contribution in [3.05, 3.63) is 66.0 Å². The van der Waals surface area contributed by atoms with Crippen molar-refractivity contribution in [2.24, 2.45) is 0 Å². The average molecular weight is 345 g/mol. The number of aromatic nitrogens is 1. The summed E-state index contributed by atoms with van der Waals surface area (Å²) in [5, 5.41) is 5.64. The number of benzene rings is 1. The minimum absolute atomic E-state index is 0.0000106. The molecule has 3 rings (SSSR count). The van der Waals surface area contributed by atoms with Gasteiger partial charge >= 0.3 is 6.03 Å². The topological polar surface area (TPSA) is 88.2 Å². The molecule has 1 aromatic carbocycles. The Morgan fingerprint density at radius 1 is 1.12 bits per heavy atom. The Labute approximate surface area is 141 Å². The van der Waals surface area contributed by atoms with Gasteiger partial charge < -0.3 is 10.6 Å². The number of sulfone groups is 1. The molecular weight excluding hydrogens is 326 g/mol. The Hall–Kier alpha value is -2.41. The highest BCUT2D eigenvalue weighted by Gasteiger charge is 2.29. The van der Waals surface area contributed by atoms with Crippen molar-refractivity contribution >= 4 is 15.9 Å². The summed E-state index contributed by atoms with van der Waals surface area (Å²) in [5.41, 5.74) is 1.63. The van der Waals surface area contributed by atoms with E-state index in [1.54, 1.807) is 6.20 Å². The molecule has 0 spiro atoms. The molecule has 1 aliphatic heterocycles. The van der Waals surface area contributed by atoms with Crippen molar-refractivity contribution in [2.75, 3.05) is 11.5 Å². The summed E-state index contributed by atoms with van der Waals surface area (Å²) in [6.07, 6.45) is 2.13. The lowest BCUT2D eigenvalue weighted by molar-refractivity contribution is 0.235. The molecule has 2 unspecified atom stereocenters. The maximum Gasteiger partial charge on any atom is 0.315 e. The molecule has 2 aromatic rings. The second kappa shape index (κ2) is 7.00. The van der Waals surface area contributed by atoms with Crippen LogP contribution in [0.4, 0.5) is 4.79 Å². The second-order valence-electron chi connectivity index (χ2n) is 5.82. The Bertz CT molecular complexity index is 755. The summed E-state index contributed by atoms with van der Waals surface area (Å²) in [7, 11) is -3.03. The molecule has 2 amide bonds. The first kappa shape index (κ1) is 16.4. The molecule has 2 atom stereocenters. The van der Waals surface area contributed by atoms with E-state index in [-0.39, 0.29) is 17.5 Å². The lowest BCUT2D eigenvalue weighted by Gasteiger charge is -2.20. The first-order valence-electron chi connectivity index (χ1n) is 7.77. The summed E-state index contributed by atoms with van der Waals surface area (Å²) >= 11 is 0. The van der Waals surface area contributed by atoms with E-state index in [4.69, 9.17) is 0 Å². The second-order valence-corrected chi connectivity index (χ2v) is 8.04. The van der Waals surface area contributed by atoms with Gasteiger partial charge in [-0.1, -0.05) is 36.4 Å². The largest absolute Gasteiger partial charge is 0.334 e. The number of pyridine rings is 1. The van der Waals surface area contributed by atoms with Crippen LogP contribution in [0.5, 0.6) is 0 Å². The lowest BCUT2D eigenvalue weighted by atomic mass is 10.0. The molecule has 2 N–H and O–H groups in total. The number of carbonyl (C=O) groups excluding carboxylic acids is 1. The summed E-state index contributed by atoms with van der Waals surface area (Å²) in [6.45, 7) is 0. The molecule has 1 fully saturated rings. The van der Waals surface area contributed by atoms with Crippen LogP contribution in [0.25, 0.3) is 0 Å². The Kier molecular flexibility index (Phi) is 4.80. The number of nitrogens with zero attached hydrogens (tertiary/aromatic N) is 1. The third-order valence-electron chi connectivity index (χ3n) is 3.96. The van der Waals surface area contributed by atoms with Gasteiger partial charge in [0.1, 0.15) is 0 Å². The standard InChI is InChI=1S/C17H19N3O3S/c21-17(19-14-9-11-24(22,23)12-14)20-16(13-6-2-1-3-7-13)15-8-4-5-10-18-15/h1-8,10,14,16H,9,11-12H2,(H2,19,20,21). The fourth-order valence-electron chi connectivity index (χ4n) is 2.79. The molecule has 1 aliphatic rings. The first-order chi connectivity index (χ1) is 11.5. The van der Waals surface area contributed by atoms with Crippen LogP contribution in [0.2, 0.25) is 0 Å². The van der Waals surface area contributed by atoms with Crippen molar-refractivity contribution in [2.45, 2.75) is 18.5 Å². The molecule has 7 heteroatoms. The molecule has 0 bridgehead atoms. The summed E-state index contributed by atoms with van der Waals surface area (Å²) < 4.78 is 23.0. The van der Waals surface area contributed by atoms with Crippen LogP contribution in [-0.4, -0.2) is 37.0 Å². The number of nitrogens with one attached hydrogen (secondary N) is 2. The highest BCUT2D eigenvalue weighted by atomic mass is 32.2. The minimum Gasteiger partial charge on any atom is -0.334 e. The summed E-state index contributed by atoms with van der Waals surface area (Å²) in [4.78, 5) is 16.6. The summed E-state index contributed by atoms with van der Waals surface area (Å²) in [5.74, 6) is 0.125. The molecule has 1 saturated heterocycles. The van der Waals surface area contributed by atoms with Gasteiger partial charge in [0.25, 0.3) is 0 Å². The molecule has 0 saturated carbocycles. The average Bonchev–Trinajstić information content (AvgIpc) is 2.93. The van der Waals surface area contributed by atoms with Gasteiger partial charge in [0.05, 0.1) is 23.2 Å². The van der Waals surface area contributed by atoms with Crippen molar-refractivity contribution in [3.63, 3.8) is 0 Å². The van der Waals surface area contributed by atoms with E-state index in [2.05, 4.69) is 15.6 Å². The molecule has 1 aromatic heterocycles. The van der Waals surface area contributed by atoms with E-state index in [0.29, 0.717) is 6.42 Å². The fourth-order valence-corrected chi connectivity index (χ4v) is 4.46. The number of rotatable bonds is 4. The van der Waals surface area contributed by atoms with Crippen molar-refractivity contribution in [3.8, 4) is 0 Å². The SMILES string of the molecule is O=C(NC1CCS(=O)(=O)C1)NC(c1ccccc1)c1ccccn1. The van der Waals surface area contributed by atoms with Crippen LogP contribution < -0.4 is 10.6 Å². The predicted octanol–water partition coefficient (Wildman–Crippen LogP) is 1.66. The van der Waals surface area contributed by atoms with Crippen LogP contribution in [0, 0.1) is 0 Å². The zero-order valence-electron chi connectivity index (χ0n) is 13.1. The van der Waals surface area contributed by atoms with Gasteiger partial charge in [0.15, 0.2) is 9.84 Å². The van der Waals surface area contributed by atoms with E-state index in [9.17, 15) is 13.2 Å². The molecule has 0 radical (unpaired) electrons. The quantitative estimate of drug-likeness (QED) is 0.882. The van der Waals surface area contributed by atoms with E-state index in [1.165, 1.54) is 0 Å². The number of hydrogen-bond donors (Lipinski definition) is 2. The molecule has 6 nitrogen and oxygen atoms in total. The van der Waals surface area contributed by atoms with Crippen molar-refractivity contribution < 1.29 is 13.2 Å². The van der Waals surface area contributed by atoms with E-state index < -0.39 is 21.9 Å². The van der Waals surface area contributed by atoms with Gasteiger partial charge in [0, 0.05) is 12.2 Å². The van der Waals surface area contributed by atoms with Gasteiger partial charge in [-0.15, -0.1) is 0 Å². The zero-order valence-corrected chi connectivity index (χ0v) is 13.9. The zero-order chi connectivity index (χ0) is 17.0. The number of hydrogen-bond acceptors (Lipinski definition) is 4. The normalized spacial score (nSPS) is 20.2. The fraction of sp³-hybridized carbons (Fsp3) is 0.294. The monoisotopic (exact) mass is 345 g/mol. The van der Waals surface area contributed by atoms with Crippen LogP contribution in [0.15, 0.2) is 54.7 Å². The van der Waals surface area contributed by atoms with Gasteiger partial charge in [-0.25, -0.2) is 13.2 Å². The molecule has 2 heterocycles. The lowest BCUT2D eigenvalue weighted by Crippen LogP contribution is -2.44. The van der Waals surface area contributed by atoms with E-state index in [1.807, 2.05) is 48.5 Å². The van der Waals surface area contributed by atoms with Gasteiger partial charge in [-0.05, 0) is 24.1 Å². The molecule has 126 valence electrons. The number of carbonyl (C=O) groups is 1. The van der Waals surface area contributed by atoms with Crippen LogP contribution in [-0.2, 0) is 9.84 Å². The Balaban J connectivity index is 1.74. The third-order valence-corrected chi connectivity index (χ3v) is 5.73. The number of urea groups is 1. The molecular formula is C17H19N3O3S. The van der Waals surface area contributed by atoms with Gasteiger partial charge in [-0.3, -0.25) is 4.98 Å². The predicted molar refractivity (Wildman–Crippen MR) is 91.2 cm³/mol. The van der Waals surface area contributed by atoms with Crippen LogP contribution in [0.1, 0.15) is 23.7 Å². The molecule has 0 aliphatic carbocycles. The third kappa shape index (κ3) is 4.11. The Morgan fingerprint density at radius 3 is 2.50 bits per heavy atom. The van der Waals surface area contributed by atoms with Crippen molar-refractivity contribution in [1.82, 2.24) is 15.6 Å². The minimum atomic E-state index is -3.03. The highest BCUT2D eigenvalue weighted by Crippen LogP contribution is 2.20. The van der Waals surface area contributed by atoms with Gasteiger partial charge in [0.2, 0.25) is 0 Å². The van der Waals surface area contributed by atoms with Gasteiger partial charge in [-0.2, -0.15) is 0 Å². The summed E-state index contributed by atoms with van der Waals surface area (Å²) in [6, 6.07) is 13.9. The first-order valence-corrected chi connectivity index (χ1v) is 9.59. The number of amides is 2. The van der Waals surface area contributed by atoms with E-state index >= 15 is 0 Å². The Morgan fingerprint density at radius 2 is 1.88 bits per heavy atom.